The molecule has 0 bridgehead atoms. The number of hydrogen-bond donors (Lipinski definition) is 1. The van der Waals surface area contributed by atoms with Gasteiger partial charge in [0.15, 0.2) is 0 Å². The minimum absolute atomic E-state index is 0.403. The predicted octanol–water partition coefficient (Wildman–Crippen LogP) is 2.52. The van der Waals surface area contributed by atoms with E-state index in [1.54, 1.807) is 20.8 Å². The van der Waals surface area contributed by atoms with E-state index in [2.05, 4.69) is 0 Å². The van der Waals surface area contributed by atoms with E-state index in [0.717, 1.165) is 6.92 Å². The number of ether oxygens (including phenoxy) is 1. The maximum Gasteiger partial charge on any atom is 0.339 e. The van der Waals surface area contributed by atoms with Gasteiger partial charge < -0.3 is 9.84 Å². The Morgan fingerprint density at radius 2 is 1.85 bits per heavy atom. The summed E-state index contributed by atoms with van der Waals surface area (Å²) in [5.74, 6) is -2.75. The van der Waals surface area contributed by atoms with Crippen LogP contribution in [-0.2, 0) is 10.2 Å². The third-order valence-electron chi connectivity index (χ3n) is 2.61. The number of carboxylic acid groups (broad SMARTS) is 1. The minimum Gasteiger partial charge on any atom is -0.478 e. The van der Waals surface area contributed by atoms with Crippen LogP contribution >= 0.6 is 0 Å². The van der Waals surface area contributed by atoms with Gasteiger partial charge in [-0.1, -0.05) is 20.8 Å². The second-order valence-electron chi connectivity index (χ2n) is 5.28. The molecule has 0 fully saturated rings. The second-order valence-corrected chi connectivity index (χ2v) is 5.28. The van der Waals surface area contributed by atoms with E-state index in [1.165, 1.54) is 12.1 Å². The zero-order valence-electron chi connectivity index (χ0n) is 11.6. The number of carbonyl (C=O) groups excluding carboxylic acids is 1. The summed E-state index contributed by atoms with van der Waals surface area (Å²) >= 11 is 0. The maximum absolute atomic E-state index is 11.2. The van der Waals surface area contributed by atoms with Crippen LogP contribution in [0.3, 0.4) is 0 Å². The molecule has 0 aliphatic heterocycles. The molecule has 0 aliphatic rings. The number of nitro benzene ring substituents is 1. The van der Waals surface area contributed by atoms with E-state index < -0.39 is 39.3 Å². The van der Waals surface area contributed by atoms with E-state index in [-0.39, 0.29) is 0 Å². The van der Waals surface area contributed by atoms with Gasteiger partial charge in [0.25, 0.3) is 0 Å². The van der Waals surface area contributed by atoms with Crippen LogP contribution in [0.2, 0.25) is 0 Å². The Morgan fingerprint density at radius 1 is 1.30 bits per heavy atom. The predicted molar refractivity (Wildman–Crippen MR) is 70.1 cm³/mol. The third kappa shape index (κ3) is 3.31. The number of esters is 1. The zero-order valence-corrected chi connectivity index (χ0v) is 11.6. The molecule has 1 rings (SSSR count). The van der Waals surface area contributed by atoms with Gasteiger partial charge in [0.05, 0.1) is 4.92 Å². The highest BCUT2D eigenvalue weighted by atomic mass is 16.6. The Hall–Kier alpha value is -2.44. The van der Waals surface area contributed by atoms with Crippen molar-refractivity contribution in [1.82, 2.24) is 0 Å². The highest BCUT2D eigenvalue weighted by Gasteiger charge is 2.29. The lowest BCUT2D eigenvalue weighted by Gasteiger charge is -2.20. The molecule has 1 aromatic carbocycles. The molecule has 0 heterocycles. The van der Waals surface area contributed by atoms with Gasteiger partial charge in [0.2, 0.25) is 5.75 Å². The summed E-state index contributed by atoms with van der Waals surface area (Å²) in [5.41, 5.74) is -0.953. The third-order valence-corrected chi connectivity index (χ3v) is 2.61. The van der Waals surface area contributed by atoms with E-state index in [4.69, 9.17) is 9.84 Å². The van der Waals surface area contributed by atoms with Gasteiger partial charge in [-0.15, -0.1) is 0 Å². The number of hydrogen-bond acceptors (Lipinski definition) is 5. The standard InChI is InChI=1S/C13H15NO6/c1-7(15)20-11-9(12(16)17)5-8(13(2,3)4)6-10(11)14(18)19/h5-6H,1-4H3,(H,16,17). The summed E-state index contributed by atoms with van der Waals surface area (Å²) < 4.78 is 4.71. The van der Waals surface area contributed by atoms with Gasteiger partial charge in [-0.25, -0.2) is 4.79 Å². The summed E-state index contributed by atoms with van der Waals surface area (Å²) in [7, 11) is 0. The van der Waals surface area contributed by atoms with Crippen molar-refractivity contribution >= 4 is 17.6 Å². The van der Waals surface area contributed by atoms with Crippen molar-refractivity contribution in [2.75, 3.05) is 0 Å². The minimum atomic E-state index is -1.39. The van der Waals surface area contributed by atoms with Crippen molar-refractivity contribution < 1.29 is 24.4 Å². The van der Waals surface area contributed by atoms with Crippen molar-refractivity contribution in [3.8, 4) is 5.75 Å². The molecule has 0 aromatic heterocycles. The molecule has 0 atom stereocenters. The average Bonchev–Trinajstić information content (AvgIpc) is 2.25. The first-order valence-electron chi connectivity index (χ1n) is 5.78. The van der Waals surface area contributed by atoms with E-state index in [0.29, 0.717) is 5.56 Å². The molecule has 0 unspecified atom stereocenters. The van der Waals surface area contributed by atoms with Gasteiger partial charge in [0.1, 0.15) is 5.56 Å². The van der Waals surface area contributed by atoms with Gasteiger partial charge in [-0.2, -0.15) is 0 Å². The summed E-state index contributed by atoms with van der Waals surface area (Å²) in [6.07, 6.45) is 0. The lowest BCUT2D eigenvalue weighted by Crippen LogP contribution is -2.16. The largest absolute Gasteiger partial charge is 0.478 e. The van der Waals surface area contributed by atoms with Crippen molar-refractivity contribution in [2.45, 2.75) is 33.1 Å². The van der Waals surface area contributed by atoms with Crippen LogP contribution in [-0.4, -0.2) is 22.0 Å². The fourth-order valence-electron chi connectivity index (χ4n) is 1.59. The monoisotopic (exact) mass is 281 g/mol. The molecule has 1 aromatic rings. The first-order valence-corrected chi connectivity index (χ1v) is 5.78. The van der Waals surface area contributed by atoms with Crippen molar-refractivity contribution in [2.24, 2.45) is 0 Å². The number of carbonyl (C=O) groups is 2. The maximum atomic E-state index is 11.2. The highest BCUT2D eigenvalue weighted by molar-refractivity contribution is 5.94. The SMILES string of the molecule is CC(=O)Oc1c(C(=O)O)cc(C(C)(C)C)cc1[N+](=O)[O-]. The van der Waals surface area contributed by atoms with Crippen molar-refractivity contribution in [3.05, 3.63) is 33.4 Å². The van der Waals surface area contributed by atoms with Gasteiger partial charge in [-0.3, -0.25) is 14.9 Å². The number of aromatic carboxylic acids is 1. The lowest BCUT2D eigenvalue weighted by molar-refractivity contribution is -0.385. The van der Waals surface area contributed by atoms with Crippen LogP contribution < -0.4 is 4.74 Å². The van der Waals surface area contributed by atoms with Crippen LogP contribution in [0, 0.1) is 10.1 Å². The fraction of sp³-hybridized carbons (Fsp3) is 0.385. The van der Waals surface area contributed by atoms with Crippen LogP contribution in [0.15, 0.2) is 12.1 Å². The quantitative estimate of drug-likeness (QED) is 0.395. The van der Waals surface area contributed by atoms with E-state index >= 15 is 0 Å². The van der Waals surface area contributed by atoms with Gasteiger partial charge in [0, 0.05) is 13.0 Å². The number of rotatable bonds is 3. The average molecular weight is 281 g/mol. The topological polar surface area (TPSA) is 107 Å². The molecule has 20 heavy (non-hydrogen) atoms. The summed E-state index contributed by atoms with van der Waals surface area (Å²) in [6, 6.07) is 2.51. The Balaban J connectivity index is 3.67. The Labute approximate surface area is 115 Å². The summed E-state index contributed by atoms with van der Waals surface area (Å²) in [6.45, 7) is 6.43. The van der Waals surface area contributed by atoms with E-state index in [1.807, 2.05) is 0 Å². The van der Waals surface area contributed by atoms with Crippen molar-refractivity contribution in [3.63, 3.8) is 0 Å². The first-order chi connectivity index (χ1) is 9.04. The Kier molecular flexibility index (Phi) is 4.12. The number of nitrogens with zero attached hydrogens (tertiary/aromatic N) is 1. The molecule has 0 amide bonds. The smallest absolute Gasteiger partial charge is 0.339 e. The molecule has 7 nitrogen and oxygen atoms in total. The summed E-state index contributed by atoms with van der Waals surface area (Å²) in [5, 5.41) is 20.2. The molecular formula is C13H15NO6. The number of benzene rings is 1. The molecule has 0 saturated carbocycles. The van der Waals surface area contributed by atoms with Gasteiger partial charge >= 0.3 is 17.6 Å². The molecule has 0 saturated heterocycles. The summed E-state index contributed by atoms with van der Waals surface area (Å²) in [4.78, 5) is 32.6. The Bertz CT molecular complexity index is 550. The molecule has 108 valence electrons. The molecular weight excluding hydrogens is 266 g/mol. The fourth-order valence-corrected chi connectivity index (χ4v) is 1.59. The molecule has 0 radical (unpaired) electrons. The van der Waals surface area contributed by atoms with Crippen LogP contribution in [0.1, 0.15) is 43.6 Å². The molecule has 0 aliphatic carbocycles. The van der Waals surface area contributed by atoms with Crippen LogP contribution in [0.25, 0.3) is 0 Å². The molecule has 1 N–H and O–H groups in total. The number of carboxylic acids is 1. The first kappa shape index (κ1) is 15.6. The van der Waals surface area contributed by atoms with Crippen molar-refractivity contribution in [1.29, 1.82) is 0 Å². The normalized spacial score (nSPS) is 11.0. The second kappa shape index (κ2) is 5.28. The Morgan fingerprint density at radius 3 is 2.20 bits per heavy atom. The van der Waals surface area contributed by atoms with Crippen LogP contribution in [0.4, 0.5) is 5.69 Å². The van der Waals surface area contributed by atoms with Gasteiger partial charge in [-0.05, 0) is 17.0 Å². The number of nitro groups is 1. The molecule has 7 heteroatoms. The lowest BCUT2D eigenvalue weighted by atomic mass is 9.85. The van der Waals surface area contributed by atoms with E-state index in [9.17, 15) is 19.7 Å². The zero-order chi connectivity index (χ0) is 15.7. The highest BCUT2D eigenvalue weighted by Crippen LogP contribution is 2.36. The van der Waals surface area contributed by atoms with Crippen LogP contribution in [0.5, 0.6) is 5.75 Å². The molecule has 0 spiro atoms.